The number of hydrogen-bond acceptors (Lipinski definition) is 38. The summed E-state index contributed by atoms with van der Waals surface area (Å²) >= 11 is 0. The summed E-state index contributed by atoms with van der Waals surface area (Å²) in [7, 11) is -26.2. The second kappa shape index (κ2) is 87.0. The number of aldehydes is 4. The van der Waals surface area contributed by atoms with E-state index in [1.54, 1.807) is 36.7 Å². The van der Waals surface area contributed by atoms with Gasteiger partial charge in [0.15, 0.2) is 23.4 Å². The molecule has 3 rings (SSSR count). The van der Waals surface area contributed by atoms with E-state index in [4.69, 9.17) is 78.8 Å². The molecule has 0 bridgehead atoms. The van der Waals surface area contributed by atoms with Crippen molar-refractivity contribution in [1.29, 1.82) is 0 Å². The van der Waals surface area contributed by atoms with Gasteiger partial charge in [-0.3, -0.25) is 48.7 Å². The molecule has 0 aliphatic heterocycles. The third-order valence-electron chi connectivity index (χ3n) is 12.9. The zero-order valence-electron chi connectivity index (χ0n) is 66.2. The second-order valence-corrected chi connectivity index (χ2v) is 28.3. The van der Waals surface area contributed by atoms with Crippen LogP contribution in [0.4, 0.5) is 0 Å². The monoisotopic (exact) mass is 1840 g/mol. The predicted octanol–water partition coefficient (Wildman–Crippen LogP) is -17.6. The van der Waals surface area contributed by atoms with Crippen LogP contribution < -0.4 is 200 Å². The van der Waals surface area contributed by atoms with Crippen molar-refractivity contribution in [2.45, 2.75) is 183 Å². The first-order valence-corrected chi connectivity index (χ1v) is 39.6. The first kappa shape index (κ1) is 143. The van der Waals surface area contributed by atoms with Gasteiger partial charge in [0.1, 0.15) is 88.1 Å². The van der Waals surface area contributed by atoms with E-state index in [-0.39, 0.29) is 201 Å². The molecule has 16 N–H and O–H groups in total. The van der Waals surface area contributed by atoms with Gasteiger partial charge in [-0.15, -0.1) is 25.3 Å². The molecule has 54 heteroatoms. The molecule has 0 aromatic heterocycles. The van der Waals surface area contributed by atoms with Gasteiger partial charge in [0.05, 0.1) is 0 Å². The van der Waals surface area contributed by atoms with Crippen molar-refractivity contribution in [3.63, 3.8) is 0 Å². The summed E-state index contributed by atoms with van der Waals surface area (Å²) < 4.78 is 175. The Kier molecular flexibility index (Phi) is 106. The van der Waals surface area contributed by atoms with Crippen LogP contribution in [-0.4, -0.2) is 253 Å². The maximum absolute atomic E-state index is 10.6. The maximum Gasteiger partial charge on any atom is 1.00 e. The number of nitrogens with two attached hydrogens (primary N) is 4. The minimum Gasteiger partial charge on any atom is -1.00 e. The summed E-state index contributed by atoms with van der Waals surface area (Å²) in [6, 6.07) is 15.5. The number of hydrogen-bond donors (Lipinski definition) is 12. The largest absolute Gasteiger partial charge is 1.00 e. The Bertz CT molecular complexity index is 3810. The Morgan fingerprint density at radius 1 is 0.368 bits per heavy atom. The van der Waals surface area contributed by atoms with Gasteiger partial charge in [0, 0.05) is 84.8 Å². The number of aliphatic imine (C=N–C) groups is 4. The zero-order valence-corrected chi connectivity index (χ0v) is 81.1. The Morgan fingerprint density at radius 2 is 0.607 bits per heavy atom. The van der Waals surface area contributed by atoms with Crippen molar-refractivity contribution >= 4 is 136 Å². The van der Waals surface area contributed by atoms with E-state index in [1.165, 1.54) is 12.1 Å². The topological polar surface area (TPSA) is 783 Å². The Labute approximate surface area is 819 Å². The van der Waals surface area contributed by atoms with Crippen molar-refractivity contribution in [3.8, 4) is 0 Å². The third kappa shape index (κ3) is 88.1. The van der Waals surface area contributed by atoms with Crippen molar-refractivity contribution in [2.24, 2.45) is 42.9 Å². The average molecular weight is 1840 g/mol. The van der Waals surface area contributed by atoms with E-state index in [0.29, 0.717) is 108 Å². The number of carbonyl (C=O) groups is 8. The van der Waals surface area contributed by atoms with Crippen LogP contribution in [-0.2, 0) is 90.5 Å². The van der Waals surface area contributed by atoms with Crippen LogP contribution >= 0.6 is 0 Å². The van der Waals surface area contributed by atoms with E-state index < -0.39 is 155 Å². The number of aliphatic carboxylic acids is 4. The summed E-state index contributed by atoms with van der Waals surface area (Å²) in [6.45, 7) is 2.42. The summed E-state index contributed by atoms with van der Waals surface area (Å²) in [6.07, 6.45) is 19.4. The van der Waals surface area contributed by atoms with Gasteiger partial charge >= 0.3 is 222 Å². The number of rotatable bonds is 44. The molecule has 0 heterocycles. The number of aliphatic hydroxyl groups excluding tert-OH is 4. The van der Waals surface area contributed by atoms with Gasteiger partial charge in [0.25, 0.3) is 0 Å². The van der Waals surface area contributed by atoms with Gasteiger partial charge < -0.3 is 94.4 Å². The summed E-state index contributed by atoms with van der Waals surface area (Å²) in [5, 5.41) is 70.5. The molecule has 0 spiro atoms. The zero-order chi connectivity index (χ0) is 84.8. The standard InChI is InChI=1S/C20H30N4O4.C15H28N4O4.C8H10O8S2.C8H6O2.C5H12O8S2.C5H8O2.2CH4.6Na.2O3S.2H/c21-17(19(25)26)9-3-5-11-23-13-15-7-1-2-8-16(15)14-24-12-6-4-10-18(22)20(27)28;16-12(14(20)21)6-4-10-18-8-2-1-3-9-19-11-5-7-13(17)15(22)23;9-7(17(11,12)13)5-3-1-2-4-6(5)8(10)18(14,15)16;9-5-7-3-1-2-4-8(7)6-10;6-4(14(8,9)10)2-1-3-5(7)15(11,12)13;6-4-2-1-3-5-7;;;;;;;;;2*1-4(2)3;;/h1-2,7-8,13-14,17-18H,3-6,9-12,21-22H2,(H,25,26)(H,27,28);8-9,12-13H,1-7,10-11,16-17H2,(H,20,21)(H,22,23);1-4,7-10H,(H,11,12,13)(H,14,15,16);1-6H;4-7H,1-3H2,(H,8,9,10)(H,11,12,13);4-5H,1-3H2;2*1H4;;;;;;;;;;/q;;;;;;;;6*+1;;;2*-1/p-4. The molecule has 42 nitrogen and oxygen atoms in total. The van der Waals surface area contributed by atoms with Crippen LogP contribution in [0.3, 0.4) is 0 Å². The number of nitrogens with zero attached hydrogens (tertiary/aromatic N) is 4. The van der Waals surface area contributed by atoms with Gasteiger partial charge in [0.2, 0.25) is 0 Å². The fraction of sp³-hybridized carbons (Fsp3) is 0.524. The molecule has 0 amide bonds. The van der Waals surface area contributed by atoms with E-state index in [2.05, 4.69) is 20.0 Å². The van der Waals surface area contributed by atoms with Crippen molar-refractivity contribution < 1.29 is 337 Å². The van der Waals surface area contributed by atoms with Crippen molar-refractivity contribution in [2.75, 3.05) is 26.2 Å². The molecule has 0 radical (unpaired) electrons. The van der Waals surface area contributed by atoms with Gasteiger partial charge in [-0.1, -0.05) is 87.6 Å². The third-order valence-corrected chi connectivity index (χ3v) is 16.3. The van der Waals surface area contributed by atoms with Gasteiger partial charge in [-0.2, -0.15) is 0 Å². The van der Waals surface area contributed by atoms with E-state index >= 15 is 0 Å². The quantitative estimate of drug-likeness (QED) is 0.00822. The normalized spacial score (nSPS) is 12.5. The molecule has 0 fully saturated rings. The fourth-order valence-corrected chi connectivity index (χ4v) is 9.17. The van der Waals surface area contributed by atoms with E-state index in [0.717, 1.165) is 80.8 Å². The predicted molar refractivity (Wildman–Crippen MR) is 400 cm³/mol. The van der Waals surface area contributed by atoms with Crippen LogP contribution in [0.1, 0.15) is 194 Å². The molecular formula is C63H100N8Na6O34S6. The minimum atomic E-state index is -5.16. The van der Waals surface area contributed by atoms with Crippen LogP contribution in [0.5, 0.6) is 0 Å². The molecule has 3 aromatic carbocycles. The SMILES string of the molecule is C.C.NC(CCCCN=Cc1ccccc1C=NCCCCC(N)C(=O)O)C(=O)O.NC(CCCN=CCCCC=NCCCC(N)C(=O)O)C(=O)O.O=CCCCC=O.O=Cc1ccccc1C=O.O=S(=O)([O-])C(O)CCCC(O)S(=O)(=O)[O-].O=S(=O)([O-])C(O)c1ccccc1C(O)S(=O)(=O)[O-].O=S(=O)=O.O=S(=O)=O.[H-].[H-].[Na+].[Na+].[Na+].[Na+].[Na+].[Na+]. The Hall–Kier alpha value is -2.54. The summed E-state index contributed by atoms with van der Waals surface area (Å²) in [4.78, 5) is 99.0. The second-order valence-electron chi connectivity index (χ2n) is 21.5. The molecule has 0 saturated heterocycles. The number of carbonyl (C=O) groups excluding carboxylic acids is 4. The summed E-state index contributed by atoms with van der Waals surface area (Å²) in [5.41, 5.74) is 13.7. The summed E-state index contributed by atoms with van der Waals surface area (Å²) in [5.74, 6) is -3.89. The molecule has 3 aromatic rings. The molecular weight excluding hydrogens is 1740 g/mol. The Balaban J connectivity index is -0.0000000838. The number of carboxylic acid groups (broad SMARTS) is 4. The van der Waals surface area contributed by atoms with E-state index in [1.807, 2.05) is 36.7 Å². The van der Waals surface area contributed by atoms with Crippen molar-refractivity contribution in [1.82, 2.24) is 0 Å². The maximum atomic E-state index is 10.6. The number of aliphatic hydroxyl groups is 4. The van der Waals surface area contributed by atoms with Crippen LogP contribution in [0.15, 0.2) is 92.8 Å². The minimum absolute atomic E-state index is 0. The molecule has 8 unspecified atom stereocenters. The Morgan fingerprint density at radius 3 is 0.846 bits per heavy atom. The number of carboxylic acids is 4. The molecule has 0 saturated carbocycles. The first-order valence-electron chi connectivity index (χ1n) is 31.7. The number of benzene rings is 3. The smallest absolute Gasteiger partial charge is 1.00 e. The molecule has 117 heavy (non-hydrogen) atoms. The molecule has 8 atom stereocenters. The van der Waals surface area contributed by atoms with Crippen molar-refractivity contribution in [3.05, 3.63) is 106 Å². The molecule has 0 aliphatic rings. The first-order chi connectivity index (χ1) is 50.7. The van der Waals surface area contributed by atoms with Crippen LogP contribution in [0.2, 0.25) is 0 Å². The van der Waals surface area contributed by atoms with Crippen LogP contribution in [0, 0.1) is 0 Å². The van der Waals surface area contributed by atoms with Crippen LogP contribution in [0.25, 0.3) is 0 Å². The molecule has 638 valence electrons. The van der Waals surface area contributed by atoms with E-state index in [9.17, 15) is 100 Å². The molecule has 0 aliphatic carbocycles. The van der Waals surface area contributed by atoms with Gasteiger partial charge in [-0.05, 0) is 122 Å². The fourth-order valence-electron chi connectivity index (χ4n) is 7.21. The average Bonchev–Trinajstić information content (AvgIpc) is 0.803. The number of unbranched alkanes of at least 4 members (excludes halogenated alkanes) is 6. The van der Waals surface area contributed by atoms with Gasteiger partial charge in [-0.25, -0.2) is 33.7 Å².